The lowest BCUT2D eigenvalue weighted by molar-refractivity contribution is -0.691. The minimum atomic E-state index is 0.506. The van der Waals surface area contributed by atoms with Crippen molar-refractivity contribution < 1.29 is 4.57 Å². The van der Waals surface area contributed by atoms with Gasteiger partial charge in [-0.2, -0.15) is 4.57 Å². The summed E-state index contributed by atoms with van der Waals surface area (Å²) in [6.45, 7) is 8.95. The molecule has 0 aliphatic carbocycles. The molecule has 0 aliphatic heterocycles. The highest BCUT2D eigenvalue weighted by atomic mass is 15.0. The molecule has 0 unspecified atom stereocenters. The van der Waals surface area contributed by atoms with Crippen LogP contribution in [0.1, 0.15) is 45.2 Å². The Morgan fingerprint density at radius 1 is 0.938 bits per heavy atom. The van der Waals surface area contributed by atoms with Crippen molar-refractivity contribution in [1.82, 2.24) is 0 Å². The SMILES string of the molecule is CC(C)c1cccc2c1ccc[n+]2C(C)C. The lowest BCUT2D eigenvalue weighted by Crippen LogP contribution is -2.36. The van der Waals surface area contributed by atoms with Crippen molar-refractivity contribution in [2.24, 2.45) is 0 Å². The van der Waals surface area contributed by atoms with Gasteiger partial charge in [0.1, 0.15) is 0 Å². The van der Waals surface area contributed by atoms with Gasteiger partial charge in [-0.15, -0.1) is 0 Å². The summed E-state index contributed by atoms with van der Waals surface area (Å²) >= 11 is 0. The summed E-state index contributed by atoms with van der Waals surface area (Å²) in [4.78, 5) is 0. The Labute approximate surface area is 97.7 Å². The molecule has 0 amide bonds. The molecule has 1 aromatic heterocycles. The van der Waals surface area contributed by atoms with Crippen LogP contribution in [0.25, 0.3) is 10.9 Å². The van der Waals surface area contributed by atoms with Crippen molar-refractivity contribution in [3.8, 4) is 0 Å². The van der Waals surface area contributed by atoms with E-state index >= 15 is 0 Å². The maximum Gasteiger partial charge on any atom is 0.212 e. The zero-order chi connectivity index (χ0) is 11.7. The highest BCUT2D eigenvalue weighted by Gasteiger charge is 2.14. The molecule has 0 radical (unpaired) electrons. The van der Waals surface area contributed by atoms with E-state index in [0.29, 0.717) is 12.0 Å². The first kappa shape index (κ1) is 11.1. The van der Waals surface area contributed by atoms with Crippen LogP contribution in [0.3, 0.4) is 0 Å². The van der Waals surface area contributed by atoms with E-state index in [9.17, 15) is 0 Å². The van der Waals surface area contributed by atoms with Gasteiger partial charge in [-0.1, -0.05) is 26.0 Å². The Morgan fingerprint density at radius 3 is 2.31 bits per heavy atom. The van der Waals surface area contributed by atoms with E-state index in [1.54, 1.807) is 0 Å². The smallest absolute Gasteiger partial charge is 0.196 e. The zero-order valence-electron chi connectivity index (χ0n) is 10.6. The summed E-state index contributed by atoms with van der Waals surface area (Å²) in [5.41, 5.74) is 2.77. The summed E-state index contributed by atoms with van der Waals surface area (Å²) in [6, 6.07) is 11.5. The largest absolute Gasteiger partial charge is 0.212 e. The first-order valence-corrected chi connectivity index (χ1v) is 6.04. The normalized spacial score (nSPS) is 11.6. The zero-order valence-corrected chi connectivity index (χ0v) is 10.6. The topological polar surface area (TPSA) is 3.88 Å². The second-order valence-electron chi connectivity index (χ2n) is 4.94. The van der Waals surface area contributed by atoms with Crippen LogP contribution in [0, 0.1) is 0 Å². The van der Waals surface area contributed by atoms with Crippen molar-refractivity contribution >= 4 is 10.9 Å². The molecule has 1 heterocycles. The molecular weight excluding hydrogens is 194 g/mol. The Kier molecular flexibility index (Phi) is 2.95. The van der Waals surface area contributed by atoms with Crippen LogP contribution in [0.4, 0.5) is 0 Å². The molecule has 0 aliphatic rings. The lowest BCUT2D eigenvalue weighted by Gasteiger charge is -2.10. The standard InChI is InChI=1S/C15H20N/c1-11(2)13-7-5-9-15-14(13)8-6-10-16(15)12(3)4/h5-12H,1-4H3/q+1. The third kappa shape index (κ3) is 1.82. The van der Waals surface area contributed by atoms with Gasteiger partial charge in [-0.25, -0.2) is 0 Å². The highest BCUT2D eigenvalue weighted by molar-refractivity contribution is 5.80. The minimum absolute atomic E-state index is 0.506. The van der Waals surface area contributed by atoms with Gasteiger partial charge in [0, 0.05) is 17.5 Å². The first-order valence-electron chi connectivity index (χ1n) is 6.04. The molecule has 0 bridgehead atoms. The summed E-state index contributed by atoms with van der Waals surface area (Å²) in [6.07, 6.45) is 2.16. The minimum Gasteiger partial charge on any atom is -0.196 e. The Hall–Kier alpha value is -1.37. The highest BCUT2D eigenvalue weighted by Crippen LogP contribution is 2.23. The number of fused-ring (bicyclic) bond motifs is 1. The van der Waals surface area contributed by atoms with Crippen LogP contribution >= 0.6 is 0 Å². The second-order valence-corrected chi connectivity index (χ2v) is 4.94. The molecule has 16 heavy (non-hydrogen) atoms. The van der Waals surface area contributed by atoms with Gasteiger partial charge in [-0.3, -0.25) is 0 Å². The molecule has 0 spiro atoms. The number of benzene rings is 1. The van der Waals surface area contributed by atoms with E-state index in [4.69, 9.17) is 0 Å². The lowest BCUT2D eigenvalue weighted by atomic mass is 9.98. The number of nitrogens with zero attached hydrogens (tertiary/aromatic N) is 1. The van der Waals surface area contributed by atoms with Gasteiger partial charge in [0.25, 0.3) is 0 Å². The summed E-state index contributed by atoms with van der Waals surface area (Å²) in [7, 11) is 0. The second kappa shape index (κ2) is 4.25. The number of hydrogen-bond acceptors (Lipinski definition) is 0. The van der Waals surface area contributed by atoms with E-state index in [1.165, 1.54) is 16.5 Å². The monoisotopic (exact) mass is 214 g/mol. The fourth-order valence-corrected chi connectivity index (χ4v) is 2.24. The van der Waals surface area contributed by atoms with Crippen LogP contribution in [0.15, 0.2) is 36.5 Å². The molecule has 2 rings (SSSR count). The van der Waals surface area contributed by atoms with Crippen LogP contribution in [0.2, 0.25) is 0 Å². The van der Waals surface area contributed by atoms with Crippen LogP contribution < -0.4 is 4.57 Å². The summed E-state index contributed by atoms with van der Waals surface area (Å²) in [5.74, 6) is 0.576. The van der Waals surface area contributed by atoms with Gasteiger partial charge >= 0.3 is 0 Å². The molecule has 0 N–H and O–H groups in total. The Bertz CT molecular complexity index is 451. The van der Waals surface area contributed by atoms with E-state index in [-0.39, 0.29) is 0 Å². The van der Waals surface area contributed by atoms with Crippen molar-refractivity contribution in [3.63, 3.8) is 0 Å². The average molecular weight is 214 g/mol. The molecule has 84 valence electrons. The van der Waals surface area contributed by atoms with Gasteiger partial charge < -0.3 is 0 Å². The van der Waals surface area contributed by atoms with Crippen LogP contribution in [-0.4, -0.2) is 0 Å². The molecule has 1 aromatic carbocycles. The predicted octanol–water partition coefficient (Wildman–Crippen LogP) is 3.83. The van der Waals surface area contributed by atoms with Crippen molar-refractivity contribution in [2.75, 3.05) is 0 Å². The van der Waals surface area contributed by atoms with Crippen LogP contribution in [-0.2, 0) is 0 Å². The maximum atomic E-state index is 2.33. The fourth-order valence-electron chi connectivity index (χ4n) is 2.24. The van der Waals surface area contributed by atoms with E-state index in [0.717, 1.165) is 0 Å². The molecule has 1 heteroatoms. The fraction of sp³-hybridized carbons (Fsp3) is 0.400. The molecule has 0 atom stereocenters. The van der Waals surface area contributed by atoms with Crippen molar-refractivity contribution in [2.45, 2.75) is 39.7 Å². The van der Waals surface area contributed by atoms with E-state index < -0.39 is 0 Å². The third-order valence-electron chi connectivity index (χ3n) is 3.08. The molecule has 0 fully saturated rings. The predicted molar refractivity (Wildman–Crippen MR) is 68.6 cm³/mol. The number of rotatable bonds is 2. The quantitative estimate of drug-likeness (QED) is 0.669. The molecule has 1 nitrogen and oxygen atoms in total. The van der Waals surface area contributed by atoms with Crippen LogP contribution in [0.5, 0.6) is 0 Å². The average Bonchev–Trinajstić information content (AvgIpc) is 2.27. The van der Waals surface area contributed by atoms with Gasteiger partial charge in [0.15, 0.2) is 12.2 Å². The van der Waals surface area contributed by atoms with Gasteiger partial charge in [0.05, 0.1) is 0 Å². The van der Waals surface area contributed by atoms with Gasteiger partial charge in [-0.05, 0) is 31.4 Å². The van der Waals surface area contributed by atoms with Gasteiger partial charge in [0.2, 0.25) is 5.52 Å². The molecule has 2 aromatic rings. The Morgan fingerprint density at radius 2 is 1.69 bits per heavy atom. The first-order chi connectivity index (χ1) is 7.61. The third-order valence-corrected chi connectivity index (χ3v) is 3.08. The van der Waals surface area contributed by atoms with Crippen molar-refractivity contribution in [1.29, 1.82) is 0 Å². The number of aromatic nitrogens is 1. The number of hydrogen-bond donors (Lipinski definition) is 0. The van der Waals surface area contributed by atoms with E-state index in [2.05, 4.69) is 68.8 Å². The molecule has 0 saturated carbocycles. The Balaban J connectivity index is 2.76. The summed E-state index contributed by atoms with van der Waals surface area (Å²) < 4.78 is 2.33. The van der Waals surface area contributed by atoms with E-state index in [1.807, 2.05) is 0 Å². The maximum absolute atomic E-state index is 2.33. The summed E-state index contributed by atoms with van der Waals surface area (Å²) in [5, 5.41) is 1.38. The molecular formula is C15H20N+. The number of pyridine rings is 1. The van der Waals surface area contributed by atoms with Crippen molar-refractivity contribution in [3.05, 3.63) is 42.1 Å². The molecule has 0 saturated heterocycles.